The quantitative estimate of drug-likeness (QED) is 0.626. The second kappa shape index (κ2) is 6.47. The van der Waals surface area contributed by atoms with Crippen LogP contribution in [0.5, 0.6) is 0 Å². The summed E-state index contributed by atoms with van der Waals surface area (Å²) in [5.74, 6) is -0.534. The molecule has 1 aromatic rings. The van der Waals surface area contributed by atoms with Crippen LogP contribution in [0.3, 0.4) is 0 Å². The molecule has 0 bridgehead atoms. The summed E-state index contributed by atoms with van der Waals surface area (Å²) in [5, 5.41) is 0.0209. The number of carbonyl (C=O) groups excluding carboxylic acids is 1. The minimum absolute atomic E-state index is 0.0593. The summed E-state index contributed by atoms with van der Waals surface area (Å²) < 4.78 is 42.0. The number of hydrogen-bond donors (Lipinski definition) is 0. The van der Waals surface area contributed by atoms with E-state index in [1.807, 2.05) is 0 Å². The molecule has 0 fully saturated rings. The van der Waals surface area contributed by atoms with Crippen LogP contribution < -0.4 is 0 Å². The van der Waals surface area contributed by atoms with E-state index in [-0.39, 0.29) is 21.9 Å². The van der Waals surface area contributed by atoms with Crippen LogP contribution in [0.15, 0.2) is 17.3 Å². The number of ether oxygens (including phenoxy) is 1. The molecule has 0 N–H and O–H groups in total. The minimum Gasteiger partial charge on any atom is -0.462 e. The molecular weight excluding hydrogens is 303 g/mol. The molecule has 3 nitrogen and oxygen atoms in total. The Morgan fingerprint density at radius 2 is 2.16 bits per heavy atom. The minimum atomic E-state index is -4.49. The number of rotatable bonds is 4. The molecule has 1 heterocycles. The van der Waals surface area contributed by atoms with Gasteiger partial charge < -0.3 is 4.74 Å². The maximum atomic E-state index is 12.4. The molecule has 1 rings (SSSR count). The summed E-state index contributed by atoms with van der Waals surface area (Å²) >= 11 is 6.62. The molecule has 0 spiro atoms. The second-order valence-electron chi connectivity index (χ2n) is 3.84. The molecule has 0 unspecified atom stereocenters. The largest absolute Gasteiger partial charge is 0.462 e. The van der Waals surface area contributed by atoms with Gasteiger partial charge in [-0.05, 0) is 19.9 Å². The van der Waals surface area contributed by atoms with Gasteiger partial charge in [-0.2, -0.15) is 13.2 Å². The number of aromatic nitrogens is 1. The third-order valence-corrected chi connectivity index (χ3v) is 3.21. The van der Waals surface area contributed by atoms with Crippen molar-refractivity contribution in [2.45, 2.75) is 31.2 Å². The lowest BCUT2D eigenvalue weighted by molar-refractivity contribution is -0.144. The summed E-state index contributed by atoms with van der Waals surface area (Å²) in [7, 11) is 0. The first-order valence-corrected chi connectivity index (χ1v) is 6.61. The molecule has 0 radical (unpaired) electrons. The number of thioether (sulfide) groups is 1. The Morgan fingerprint density at radius 1 is 1.53 bits per heavy atom. The van der Waals surface area contributed by atoms with Gasteiger partial charge in [-0.25, -0.2) is 4.98 Å². The average molecular weight is 314 g/mol. The van der Waals surface area contributed by atoms with Crippen LogP contribution in [0.2, 0.25) is 5.02 Å². The number of pyridine rings is 1. The van der Waals surface area contributed by atoms with Crippen LogP contribution in [-0.2, 0) is 15.7 Å². The van der Waals surface area contributed by atoms with Crippen molar-refractivity contribution in [3.63, 3.8) is 0 Å². The summed E-state index contributed by atoms with van der Waals surface area (Å²) in [4.78, 5) is 14.9. The SMILES string of the molecule is CC(C)OC(=O)CSc1ncc(C(F)(F)F)cc1Cl. The fraction of sp³-hybridized carbons (Fsp3) is 0.455. The summed E-state index contributed by atoms with van der Waals surface area (Å²) in [6, 6.07) is 0.782. The highest BCUT2D eigenvalue weighted by Crippen LogP contribution is 2.33. The van der Waals surface area contributed by atoms with E-state index in [1.54, 1.807) is 13.8 Å². The number of nitrogens with zero attached hydrogens (tertiary/aromatic N) is 1. The summed E-state index contributed by atoms with van der Waals surface area (Å²) in [5.41, 5.74) is -0.924. The van der Waals surface area contributed by atoms with Crippen LogP contribution in [-0.4, -0.2) is 22.8 Å². The van der Waals surface area contributed by atoms with Gasteiger partial charge in [-0.1, -0.05) is 23.4 Å². The van der Waals surface area contributed by atoms with Crippen LogP contribution >= 0.6 is 23.4 Å². The molecule has 19 heavy (non-hydrogen) atoms. The maximum absolute atomic E-state index is 12.4. The number of esters is 1. The Hall–Kier alpha value is -0.950. The molecule has 0 amide bonds. The van der Waals surface area contributed by atoms with Crippen LogP contribution in [0, 0.1) is 0 Å². The highest BCUT2D eigenvalue weighted by atomic mass is 35.5. The molecule has 0 aliphatic carbocycles. The van der Waals surface area contributed by atoms with E-state index in [0.29, 0.717) is 6.20 Å². The Labute approximate surface area is 117 Å². The highest BCUT2D eigenvalue weighted by Gasteiger charge is 2.31. The van der Waals surface area contributed by atoms with Gasteiger partial charge in [0.1, 0.15) is 5.03 Å². The van der Waals surface area contributed by atoms with Crippen molar-refractivity contribution in [3.05, 3.63) is 22.8 Å². The first-order chi connectivity index (χ1) is 8.70. The number of alkyl halides is 3. The van der Waals surface area contributed by atoms with Crippen molar-refractivity contribution in [3.8, 4) is 0 Å². The summed E-state index contributed by atoms with van der Waals surface area (Å²) in [6.07, 6.45) is -4.05. The Bertz CT molecular complexity index is 466. The Balaban J connectivity index is 2.68. The Kier molecular flexibility index (Phi) is 5.49. The third kappa shape index (κ3) is 5.28. The zero-order valence-corrected chi connectivity index (χ0v) is 11.7. The fourth-order valence-corrected chi connectivity index (χ4v) is 2.09. The zero-order valence-electron chi connectivity index (χ0n) is 10.1. The van der Waals surface area contributed by atoms with Gasteiger partial charge in [-0.15, -0.1) is 0 Å². The number of hydrogen-bond acceptors (Lipinski definition) is 4. The van der Waals surface area contributed by atoms with E-state index >= 15 is 0 Å². The van der Waals surface area contributed by atoms with Crippen molar-refractivity contribution in [2.75, 3.05) is 5.75 Å². The summed E-state index contributed by atoms with van der Waals surface area (Å²) in [6.45, 7) is 3.40. The van der Waals surface area contributed by atoms with Crippen LogP contribution in [0.4, 0.5) is 13.2 Å². The first-order valence-electron chi connectivity index (χ1n) is 5.25. The smallest absolute Gasteiger partial charge is 0.417 e. The van der Waals surface area contributed by atoms with E-state index in [4.69, 9.17) is 16.3 Å². The third-order valence-electron chi connectivity index (χ3n) is 1.83. The van der Waals surface area contributed by atoms with Gasteiger partial charge >= 0.3 is 12.1 Å². The van der Waals surface area contributed by atoms with Gasteiger partial charge in [-0.3, -0.25) is 4.79 Å². The molecule has 8 heteroatoms. The molecule has 1 aromatic heterocycles. The lowest BCUT2D eigenvalue weighted by atomic mass is 10.3. The molecule has 0 atom stereocenters. The molecule has 0 aliphatic heterocycles. The van der Waals surface area contributed by atoms with E-state index in [2.05, 4.69) is 4.98 Å². The lowest BCUT2D eigenvalue weighted by Crippen LogP contribution is -2.13. The molecule has 0 saturated heterocycles. The predicted octanol–water partition coefficient (Wildman–Crippen LogP) is 3.80. The van der Waals surface area contributed by atoms with Gasteiger partial charge in [0.25, 0.3) is 0 Å². The van der Waals surface area contributed by atoms with Crippen LogP contribution in [0.25, 0.3) is 0 Å². The zero-order chi connectivity index (χ0) is 14.6. The highest BCUT2D eigenvalue weighted by molar-refractivity contribution is 8.00. The van der Waals surface area contributed by atoms with Crippen molar-refractivity contribution in [1.29, 1.82) is 0 Å². The maximum Gasteiger partial charge on any atom is 0.417 e. The standard InChI is InChI=1S/C11H11ClF3NO2S/c1-6(2)18-9(17)5-19-10-8(12)3-7(4-16-10)11(13,14)15/h3-4,6H,5H2,1-2H3. The van der Waals surface area contributed by atoms with E-state index in [9.17, 15) is 18.0 Å². The van der Waals surface area contributed by atoms with Crippen LogP contribution in [0.1, 0.15) is 19.4 Å². The second-order valence-corrected chi connectivity index (χ2v) is 5.21. The van der Waals surface area contributed by atoms with Gasteiger partial charge in [0, 0.05) is 6.20 Å². The van der Waals surface area contributed by atoms with Crippen molar-refractivity contribution in [1.82, 2.24) is 4.98 Å². The molecule has 0 saturated carbocycles. The Morgan fingerprint density at radius 3 is 2.63 bits per heavy atom. The van der Waals surface area contributed by atoms with E-state index in [0.717, 1.165) is 17.8 Å². The average Bonchev–Trinajstić information content (AvgIpc) is 2.25. The lowest BCUT2D eigenvalue weighted by Gasteiger charge is -2.09. The van der Waals surface area contributed by atoms with E-state index in [1.165, 1.54) is 0 Å². The van der Waals surface area contributed by atoms with Crippen molar-refractivity contribution in [2.24, 2.45) is 0 Å². The van der Waals surface area contributed by atoms with Crippen molar-refractivity contribution >= 4 is 29.3 Å². The molecule has 0 aromatic carbocycles. The van der Waals surface area contributed by atoms with Gasteiger partial charge in [0.15, 0.2) is 0 Å². The molecule has 0 aliphatic rings. The van der Waals surface area contributed by atoms with Gasteiger partial charge in [0.05, 0.1) is 22.4 Å². The molecular formula is C11H11ClF3NO2S. The fourth-order valence-electron chi connectivity index (χ4n) is 1.11. The van der Waals surface area contributed by atoms with E-state index < -0.39 is 17.7 Å². The monoisotopic (exact) mass is 313 g/mol. The topological polar surface area (TPSA) is 39.2 Å². The normalized spacial score (nSPS) is 11.7. The number of carbonyl (C=O) groups is 1. The number of halogens is 4. The predicted molar refractivity (Wildman–Crippen MR) is 66.2 cm³/mol. The first kappa shape index (κ1) is 16.1. The van der Waals surface area contributed by atoms with Crippen molar-refractivity contribution < 1.29 is 22.7 Å². The molecule has 106 valence electrons. The van der Waals surface area contributed by atoms with Gasteiger partial charge in [0.2, 0.25) is 0 Å².